The summed E-state index contributed by atoms with van der Waals surface area (Å²) in [5, 5.41) is 9.58. The first-order valence-electron chi connectivity index (χ1n) is 6.51. The molecule has 0 fully saturated rings. The molecule has 0 radical (unpaired) electrons. The molecule has 2 unspecified atom stereocenters. The predicted molar refractivity (Wildman–Crippen MR) is 69.4 cm³/mol. The lowest BCUT2D eigenvalue weighted by Crippen LogP contribution is -2.24. The molecule has 1 aliphatic rings. The smallest absolute Gasteiger partial charge is 0.122 e. The molecule has 0 aromatic heterocycles. The summed E-state index contributed by atoms with van der Waals surface area (Å²) in [7, 11) is 0. The molecule has 0 aliphatic carbocycles. The molecule has 17 heavy (non-hydrogen) atoms. The molecular weight excluding hydrogens is 212 g/mol. The Morgan fingerprint density at radius 2 is 2.18 bits per heavy atom. The third-order valence-electron chi connectivity index (χ3n) is 3.77. The van der Waals surface area contributed by atoms with Crippen LogP contribution in [0.15, 0.2) is 24.3 Å². The Morgan fingerprint density at radius 3 is 2.88 bits per heavy atom. The number of rotatable bonds is 5. The van der Waals surface area contributed by atoms with Gasteiger partial charge in [-0.05, 0) is 24.3 Å². The molecule has 0 amide bonds. The second-order valence-corrected chi connectivity index (χ2v) is 5.47. The van der Waals surface area contributed by atoms with Gasteiger partial charge in [0.2, 0.25) is 0 Å². The van der Waals surface area contributed by atoms with Gasteiger partial charge in [0, 0.05) is 18.1 Å². The van der Waals surface area contributed by atoms with Gasteiger partial charge in [-0.1, -0.05) is 38.5 Å². The van der Waals surface area contributed by atoms with E-state index < -0.39 is 0 Å². The van der Waals surface area contributed by atoms with Crippen molar-refractivity contribution >= 4 is 0 Å². The van der Waals surface area contributed by atoms with Crippen molar-refractivity contribution in [3.63, 3.8) is 0 Å². The molecule has 1 N–H and O–H groups in total. The summed E-state index contributed by atoms with van der Waals surface area (Å²) in [6.07, 6.45) is 3.20. The summed E-state index contributed by atoms with van der Waals surface area (Å²) in [6, 6.07) is 8.26. The molecule has 1 aromatic rings. The van der Waals surface area contributed by atoms with E-state index in [4.69, 9.17) is 4.74 Å². The second kappa shape index (κ2) is 5.09. The minimum Gasteiger partial charge on any atom is -0.493 e. The Bertz CT molecular complexity index is 375. The van der Waals surface area contributed by atoms with E-state index >= 15 is 0 Å². The Morgan fingerprint density at radius 1 is 1.41 bits per heavy atom. The number of benzene rings is 1. The standard InChI is InChI=1S/C15H22O2/c1-3-8-15(2,11-16)9-12-10-17-14-7-5-4-6-13(12)14/h4-7,12,16H,3,8-11H2,1-2H3. The predicted octanol–water partition coefficient (Wildman–Crippen LogP) is 3.35. The fourth-order valence-electron chi connectivity index (χ4n) is 2.84. The zero-order valence-electron chi connectivity index (χ0n) is 10.8. The van der Waals surface area contributed by atoms with Gasteiger partial charge in [-0.15, -0.1) is 0 Å². The van der Waals surface area contributed by atoms with Crippen molar-refractivity contribution in [1.82, 2.24) is 0 Å². The van der Waals surface area contributed by atoms with Crippen LogP contribution in [0.3, 0.4) is 0 Å². The normalized spacial score (nSPS) is 21.7. The summed E-state index contributed by atoms with van der Waals surface area (Å²) in [4.78, 5) is 0. The van der Waals surface area contributed by atoms with Crippen molar-refractivity contribution in [2.75, 3.05) is 13.2 Å². The van der Waals surface area contributed by atoms with E-state index in [-0.39, 0.29) is 12.0 Å². The van der Waals surface area contributed by atoms with Gasteiger partial charge in [0.15, 0.2) is 0 Å². The zero-order chi connectivity index (χ0) is 12.3. The molecule has 2 rings (SSSR count). The van der Waals surface area contributed by atoms with Crippen molar-refractivity contribution < 1.29 is 9.84 Å². The lowest BCUT2D eigenvalue weighted by molar-refractivity contribution is 0.110. The molecule has 2 atom stereocenters. The van der Waals surface area contributed by atoms with Gasteiger partial charge in [-0.25, -0.2) is 0 Å². The van der Waals surface area contributed by atoms with Crippen molar-refractivity contribution in [3.05, 3.63) is 29.8 Å². The minimum atomic E-state index is 0.0280. The monoisotopic (exact) mass is 234 g/mol. The van der Waals surface area contributed by atoms with E-state index in [0.29, 0.717) is 5.92 Å². The summed E-state index contributed by atoms with van der Waals surface area (Å²) in [5.41, 5.74) is 1.34. The molecule has 1 aromatic carbocycles. The zero-order valence-corrected chi connectivity index (χ0v) is 10.8. The summed E-state index contributed by atoms with van der Waals surface area (Å²) < 4.78 is 5.70. The molecule has 0 spiro atoms. The van der Waals surface area contributed by atoms with E-state index in [1.807, 2.05) is 12.1 Å². The minimum absolute atomic E-state index is 0.0280. The fraction of sp³-hybridized carbons (Fsp3) is 0.600. The SMILES string of the molecule is CCCC(C)(CO)CC1COc2ccccc21. The first kappa shape index (κ1) is 12.4. The molecule has 0 saturated heterocycles. The van der Waals surface area contributed by atoms with E-state index in [1.54, 1.807) is 0 Å². The fourth-order valence-corrected chi connectivity index (χ4v) is 2.84. The Kier molecular flexibility index (Phi) is 3.72. The van der Waals surface area contributed by atoms with Gasteiger partial charge in [0.1, 0.15) is 5.75 Å². The topological polar surface area (TPSA) is 29.5 Å². The van der Waals surface area contributed by atoms with Crippen LogP contribution < -0.4 is 4.74 Å². The van der Waals surface area contributed by atoms with E-state index in [0.717, 1.165) is 31.6 Å². The number of hydrogen-bond acceptors (Lipinski definition) is 2. The van der Waals surface area contributed by atoms with Gasteiger partial charge in [0.25, 0.3) is 0 Å². The van der Waals surface area contributed by atoms with Crippen LogP contribution in [0.4, 0.5) is 0 Å². The highest BCUT2D eigenvalue weighted by Gasteiger charge is 2.32. The number of para-hydroxylation sites is 1. The third kappa shape index (κ3) is 2.63. The Balaban J connectivity index is 2.10. The highest BCUT2D eigenvalue weighted by molar-refractivity contribution is 5.39. The summed E-state index contributed by atoms with van der Waals surface area (Å²) in [5.74, 6) is 1.46. The Labute approximate surface area is 104 Å². The lowest BCUT2D eigenvalue weighted by atomic mass is 9.77. The average molecular weight is 234 g/mol. The van der Waals surface area contributed by atoms with Gasteiger partial charge in [-0.3, -0.25) is 0 Å². The van der Waals surface area contributed by atoms with Gasteiger partial charge in [0.05, 0.1) is 6.61 Å². The molecular formula is C15H22O2. The second-order valence-electron chi connectivity index (χ2n) is 5.47. The molecule has 1 heterocycles. The van der Waals surface area contributed by atoms with E-state index in [2.05, 4.69) is 26.0 Å². The highest BCUT2D eigenvalue weighted by atomic mass is 16.5. The molecule has 1 aliphatic heterocycles. The maximum absolute atomic E-state index is 9.58. The van der Waals surface area contributed by atoms with Gasteiger partial charge >= 0.3 is 0 Å². The maximum Gasteiger partial charge on any atom is 0.122 e. The number of aliphatic hydroxyl groups excluding tert-OH is 1. The van der Waals surface area contributed by atoms with Crippen LogP contribution in [0, 0.1) is 5.41 Å². The first-order valence-corrected chi connectivity index (χ1v) is 6.51. The van der Waals surface area contributed by atoms with Gasteiger partial charge in [-0.2, -0.15) is 0 Å². The van der Waals surface area contributed by atoms with Crippen LogP contribution >= 0.6 is 0 Å². The molecule has 2 nitrogen and oxygen atoms in total. The van der Waals surface area contributed by atoms with Crippen LogP contribution in [0.25, 0.3) is 0 Å². The number of hydrogen-bond donors (Lipinski definition) is 1. The molecule has 94 valence electrons. The lowest BCUT2D eigenvalue weighted by Gasteiger charge is -2.29. The molecule has 0 bridgehead atoms. The number of aliphatic hydroxyl groups is 1. The third-order valence-corrected chi connectivity index (χ3v) is 3.77. The van der Waals surface area contributed by atoms with Crippen LogP contribution in [0.2, 0.25) is 0 Å². The van der Waals surface area contributed by atoms with Crippen molar-refractivity contribution in [2.45, 2.75) is 39.0 Å². The van der Waals surface area contributed by atoms with Crippen LogP contribution in [0.5, 0.6) is 5.75 Å². The maximum atomic E-state index is 9.58. The first-order chi connectivity index (χ1) is 8.18. The van der Waals surface area contributed by atoms with E-state index in [1.165, 1.54) is 5.56 Å². The molecule has 0 saturated carbocycles. The summed E-state index contributed by atoms with van der Waals surface area (Å²) >= 11 is 0. The molecule has 2 heteroatoms. The average Bonchev–Trinajstić information content (AvgIpc) is 2.73. The van der Waals surface area contributed by atoms with Gasteiger partial charge < -0.3 is 9.84 Å². The quantitative estimate of drug-likeness (QED) is 0.846. The highest BCUT2D eigenvalue weighted by Crippen LogP contribution is 2.42. The summed E-state index contributed by atoms with van der Waals surface area (Å²) in [6.45, 7) is 5.38. The van der Waals surface area contributed by atoms with Crippen molar-refractivity contribution in [3.8, 4) is 5.75 Å². The van der Waals surface area contributed by atoms with E-state index in [9.17, 15) is 5.11 Å². The largest absolute Gasteiger partial charge is 0.493 e. The number of ether oxygens (including phenoxy) is 1. The van der Waals surface area contributed by atoms with Crippen LogP contribution in [-0.4, -0.2) is 18.3 Å². The van der Waals surface area contributed by atoms with Crippen LogP contribution in [0.1, 0.15) is 44.6 Å². The van der Waals surface area contributed by atoms with Crippen molar-refractivity contribution in [2.24, 2.45) is 5.41 Å². The number of fused-ring (bicyclic) bond motifs is 1. The Hall–Kier alpha value is -1.02. The van der Waals surface area contributed by atoms with Crippen LogP contribution in [-0.2, 0) is 0 Å². The van der Waals surface area contributed by atoms with Crippen molar-refractivity contribution in [1.29, 1.82) is 0 Å².